The Morgan fingerprint density at radius 3 is 2.74 bits per heavy atom. The smallest absolute Gasteiger partial charge is 0.243 e. The zero-order chi connectivity index (χ0) is 19.4. The van der Waals surface area contributed by atoms with Crippen LogP contribution in [0.3, 0.4) is 0 Å². The van der Waals surface area contributed by atoms with Gasteiger partial charge in [-0.1, -0.05) is 18.2 Å². The van der Waals surface area contributed by atoms with Crippen LogP contribution in [-0.4, -0.2) is 41.5 Å². The number of hydrogen-bond acceptors (Lipinski definition) is 4. The van der Waals surface area contributed by atoms with Crippen LogP contribution in [0.4, 0.5) is 0 Å². The molecule has 1 atom stereocenters. The second-order valence-corrected chi connectivity index (χ2v) is 8.76. The molecule has 1 fully saturated rings. The van der Waals surface area contributed by atoms with Crippen LogP contribution in [0.2, 0.25) is 0 Å². The minimum atomic E-state index is -3.56. The average Bonchev–Trinajstić information content (AvgIpc) is 3.06. The van der Waals surface area contributed by atoms with Gasteiger partial charge in [0.1, 0.15) is 0 Å². The van der Waals surface area contributed by atoms with Crippen molar-refractivity contribution in [2.45, 2.75) is 44.7 Å². The van der Waals surface area contributed by atoms with Crippen molar-refractivity contribution in [2.75, 3.05) is 13.1 Å². The summed E-state index contributed by atoms with van der Waals surface area (Å²) >= 11 is 0. The Hall–Kier alpha value is -2.19. The molecule has 146 valence electrons. The van der Waals surface area contributed by atoms with Gasteiger partial charge >= 0.3 is 0 Å². The standard InChI is InChI=1S/C19H26N4O3S/c1-3-23-17(12-15(2)21-23)13-20-19(24)16-8-7-11-22(14-16)27(25,26)18-9-5-4-6-10-18/h4-6,9-10,12,16H,3,7-8,11,13-14H2,1-2H3,(H,20,24). The van der Waals surface area contributed by atoms with Gasteiger partial charge in [-0.15, -0.1) is 0 Å². The Morgan fingerprint density at radius 2 is 2.04 bits per heavy atom. The molecule has 1 aliphatic heterocycles. The third-order valence-electron chi connectivity index (χ3n) is 4.86. The van der Waals surface area contributed by atoms with E-state index in [1.54, 1.807) is 30.3 Å². The largest absolute Gasteiger partial charge is 0.350 e. The summed E-state index contributed by atoms with van der Waals surface area (Å²) in [5.41, 5.74) is 1.87. The SMILES string of the molecule is CCn1nc(C)cc1CNC(=O)C1CCCN(S(=O)(=O)c2ccccc2)C1. The number of carbonyl (C=O) groups excluding carboxylic acids is 1. The van der Waals surface area contributed by atoms with Crippen molar-refractivity contribution >= 4 is 15.9 Å². The number of rotatable bonds is 6. The van der Waals surface area contributed by atoms with Gasteiger partial charge in [-0.3, -0.25) is 9.48 Å². The first-order valence-corrected chi connectivity index (χ1v) is 10.7. The summed E-state index contributed by atoms with van der Waals surface area (Å²) in [4.78, 5) is 12.9. The van der Waals surface area contributed by atoms with Gasteiger partial charge < -0.3 is 5.32 Å². The van der Waals surface area contributed by atoms with E-state index in [4.69, 9.17) is 0 Å². The quantitative estimate of drug-likeness (QED) is 0.817. The first-order valence-electron chi connectivity index (χ1n) is 9.28. The number of benzene rings is 1. The van der Waals surface area contributed by atoms with Gasteiger partial charge in [-0.05, 0) is 44.9 Å². The number of aryl methyl sites for hydroxylation is 2. The van der Waals surface area contributed by atoms with E-state index in [-0.39, 0.29) is 23.3 Å². The van der Waals surface area contributed by atoms with E-state index >= 15 is 0 Å². The number of carbonyl (C=O) groups is 1. The lowest BCUT2D eigenvalue weighted by Gasteiger charge is -2.31. The fraction of sp³-hybridized carbons (Fsp3) is 0.474. The average molecular weight is 391 g/mol. The third kappa shape index (κ3) is 4.39. The molecule has 0 aliphatic carbocycles. The Balaban J connectivity index is 1.64. The van der Waals surface area contributed by atoms with E-state index in [1.807, 2.05) is 24.6 Å². The lowest BCUT2D eigenvalue weighted by molar-refractivity contribution is -0.126. The maximum Gasteiger partial charge on any atom is 0.243 e. The monoisotopic (exact) mass is 390 g/mol. The van der Waals surface area contributed by atoms with Crippen molar-refractivity contribution < 1.29 is 13.2 Å². The highest BCUT2D eigenvalue weighted by atomic mass is 32.2. The third-order valence-corrected chi connectivity index (χ3v) is 6.74. The van der Waals surface area contributed by atoms with Crippen LogP contribution in [0.1, 0.15) is 31.2 Å². The zero-order valence-electron chi connectivity index (χ0n) is 15.8. The van der Waals surface area contributed by atoms with Crippen LogP contribution in [0.25, 0.3) is 0 Å². The molecule has 0 saturated carbocycles. The summed E-state index contributed by atoms with van der Waals surface area (Å²) in [6.45, 7) is 5.73. The maximum atomic E-state index is 12.8. The topological polar surface area (TPSA) is 84.3 Å². The zero-order valence-corrected chi connectivity index (χ0v) is 16.6. The minimum Gasteiger partial charge on any atom is -0.350 e. The van der Waals surface area contributed by atoms with Gasteiger partial charge in [0.2, 0.25) is 15.9 Å². The molecule has 1 aliphatic rings. The van der Waals surface area contributed by atoms with Crippen LogP contribution in [0.15, 0.2) is 41.3 Å². The van der Waals surface area contributed by atoms with Crippen LogP contribution in [0, 0.1) is 12.8 Å². The van der Waals surface area contributed by atoms with Gasteiger partial charge in [0.25, 0.3) is 0 Å². The van der Waals surface area contributed by atoms with Crippen LogP contribution in [0.5, 0.6) is 0 Å². The Labute approximate surface area is 160 Å². The van der Waals surface area contributed by atoms with Crippen molar-refractivity contribution in [1.82, 2.24) is 19.4 Å². The molecule has 1 unspecified atom stereocenters. The van der Waals surface area contributed by atoms with Crippen molar-refractivity contribution in [1.29, 1.82) is 0 Å². The van der Waals surface area contributed by atoms with E-state index in [1.165, 1.54) is 4.31 Å². The predicted molar refractivity (Wildman–Crippen MR) is 102 cm³/mol. The summed E-state index contributed by atoms with van der Waals surface area (Å²) in [5, 5.41) is 7.32. The Bertz CT molecular complexity index is 893. The van der Waals surface area contributed by atoms with E-state index in [2.05, 4.69) is 10.4 Å². The maximum absolute atomic E-state index is 12.8. The van der Waals surface area contributed by atoms with Gasteiger partial charge in [0.05, 0.1) is 28.7 Å². The number of sulfonamides is 1. The molecule has 7 nitrogen and oxygen atoms in total. The van der Waals surface area contributed by atoms with Crippen LogP contribution in [-0.2, 0) is 27.9 Å². The molecule has 1 aromatic carbocycles. The summed E-state index contributed by atoms with van der Waals surface area (Å²) < 4.78 is 28.9. The molecular weight excluding hydrogens is 364 g/mol. The molecule has 0 bridgehead atoms. The minimum absolute atomic E-state index is 0.107. The predicted octanol–water partition coefficient (Wildman–Crippen LogP) is 1.93. The lowest BCUT2D eigenvalue weighted by Crippen LogP contribution is -2.45. The Kier molecular flexibility index (Phi) is 5.96. The molecule has 27 heavy (non-hydrogen) atoms. The second-order valence-electron chi connectivity index (χ2n) is 6.83. The van der Waals surface area contributed by atoms with Gasteiger partial charge in [0, 0.05) is 19.6 Å². The summed E-state index contributed by atoms with van der Waals surface area (Å²) in [7, 11) is -3.56. The summed E-state index contributed by atoms with van der Waals surface area (Å²) in [6, 6.07) is 10.3. The second kappa shape index (κ2) is 8.22. The fourth-order valence-electron chi connectivity index (χ4n) is 3.45. The van der Waals surface area contributed by atoms with Gasteiger partial charge in [-0.25, -0.2) is 8.42 Å². The van der Waals surface area contributed by atoms with Crippen molar-refractivity contribution in [3.05, 3.63) is 47.8 Å². The van der Waals surface area contributed by atoms with Gasteiger partial charge in [0.15, 0.2) is 0 Å². The number of nitrogens with one attached hydrogen (secondary N) is 1. The number of aromatic nitrogens is 2. The summed E-state index contributed by atoms with van der Waals surface area (Å²) in [5.74, 6) is -0.444. The van der Waals surface area contributed by atoms with E-state index < -0.39 is 10.0 Å². The molecular formula is C19H26N4O3S. The van der Waals surface area contributed by atoms with Crippen molar-refractivity contribution in [3.63, 3.8) is 0 Å². The first kappa shape index (κ1) is 19.6. The molecule has 0 spiro atoms. The van der Waals surface area contributed by atoms with Crippen molar-refractivity contribution in [2.24, 2.45) is 5.92 Å². The molecule has 2 aromatic rings. The normalized spacial score (nSPS) is 18.4. The van der Waals surface area contributed by atoms with Crippen LogP contribution < -0.4 is 5.32 Å². The molecule has 2 heterocycles. The number of nitrogens with zero attached hydrogens (tertiary/aromatic N) is 3. The first-order chi connectivity index (χ1) is 12.9. The molecule has 1 saturated heterocycles. The molecule has 3 rings (SSSR count). The lowest BCUT2D eigenvalue weighted by atomic mass is 9.99. The molecule has 1 N–H and O–H groups in total. The molecule has 1 aromatic heterocycles. The van der Waals surface area contributed by atoms with E-state index in [0.717, 1.165) is 17.9 Å². The van der Waals surface area contributed by atoms with Crippen molar-refractivity contribution in [3.8, 4) is 0 Å². The summed E-state index contributed by atoms with van der Waals surface area (Å²) in [6.07, 6.45) is 1.37. The molecule has 8 heteroatoms. The number of amides is 1. The fourth-order valence-corrected chi connectivity index (χ4v) is 5.00. The molecule has 0 radical (unpaired) electrons. The number of hydrogen-bond donors (Lipinski definition) is 1. The van der Waals surface area contributed by atoms with E-state index in [0.29, 0.717) is 25.9 Å². The highest BCUT2D eigenvalue weighted by molar-refractivity contribution is 7.89. The highest BCUT2D eigenvalue weighted by Crippen LogP contribution is 2.23. The van der Waals surface area contributed by atoms with Gasteiger partial charge in [-0.2, -0.15) is 9.40 Å². The Morgan fingerprint density at radius 1 is 1.30 bits per heavy atom. The highest BCUT2D eigenvalue weighted by Gasteiger charge is 2.33. The van der Waals surface area contributed by atoms with Crippen LogP contribution >= 0.6 is 0 Å². The number of piperidine rings is 1. The van der Waals surface area contributed by atoms with E-state index in [9.17, 15) is 13.2 Å². The molecule has 1 amide bonds.